The van der Waals surface area contributed by atoms with E-state index in [1.807, 2.05) is 19.1 Å². The summed E-state index contributed by atoms with van der Waals surface area (Å²) in [5.74, 6) is -0.957. The molecule has 0 atom stereocenters. The van der Waals surface area contributed by atoms with Crippen LogP contribution in [-0.4, -0.2) is 39.7 Å². The van der Waals surface area contributed by atoms with Crippen molar-refractivity contribution >= 4 is 43.9 Å². The molecule has 1 amide bonds. The number of carbonyl (C=O) groups is 2. The second-order valence-corrected chi connectivity index (χ2v) is 10.5. The molecule has 0 bridgehead atoms. The average Bonchev–Trinajstić information content (AvgIpc) is 3.09. The van der Waals surface area contributed by atoms with Gasteiger partial charge in [0.15, 0.2) is 0 Å². The van der Waals surface area contributed by atoms with E-state index in [9.17, 15) is 18.0 Å². The van der Waals surface area contributed by atoms with E-state index in [2.05, 4.69) is 5.32 Å². The number of nitrogens with one attached hydrogen (secondary N) is 1. The number of anilines is 2. The van der Waals surface area contributed by atoms with E-state index in [4.69, 9.17) is 4.74 Å². The number of rotatable bonds is 8. The summed E-state index contributed by atoms with van der Waals surface area (Å²) in [7, 11) is -3.68. The molecule has 7 nitrogen and oxygen atoms in total. The normalized spacial score (nSPS) is 13.4. The van der Waals surface area contributed by atoms with Gasteiger partial charge in [0.05, 0.1) is 24.1 Å². The topological polar surface area (TPSA) is 92.8 Å². The van der Waals surface area contributed by atoms with Gasteiger partial charge in [0, 0.05) is 4.88 Å². The van der Waals surface area contributed by atoms with Gasteiger partial charge >= 0.3 is 5.97 Å². The predicted octanol–water partition coefficient (Wildman–Crippen LogP) is 3.77. The Hall–Kier alpha value is -2.39. The highest BCUT2D eigenvalue weighted by Gasteiger charge is 2.28. The van der Waals surface area contributed by atoms with Crippen LogP contribution in [0, 0.1) is 0 Å². The first-order chi connectivity index (χ1) is 14.7. The highest BCUT2D eigenvalue weighted by molar-refractivity contribution is 7.92. The van der Waals surface area contributed by atoms with Crippen molar-refractivity contribution in [2.24, 2.45) is 0 Å². The second-order valence-electron chi connectivity index (χ2n) is 7.47. The van der Waals surface area contributed by atoms with Gasteiger partial charge in [-0.15, -0.1) is 11.3 Å². The summed E-state index contributed by atoms with van der Waals surface area (Å²) in [5, 5.41) is 3.21. The monoisotopic (exact) mass is 464 g/mol. The zero-order valence-electron chi connectivity index (χ0n) is 18.1. The maximum absolute atomic E-state index is 12.8. The highest BCUT2D eigenvalue weighted by Crippen LogP contribution is 2.38. The largest absolute Gasteiger partial charge is 0.462 e. The van der Waals surface area contributed by atoms with E-state index in [0.717, 1.165) is 58.7 Å². The third kappa shape index (κ3) is 5.46. The standard InChI is InChI=1S/C22H28N2O5S2/c1-4-15-10-12-16(13-11-15)24(31(3,27)28)14-19(25)23-21-20(22(26)29-5-2)17-8-6-7-9-18(17)30-21/h10-13H,4-9,14H2,1-3H3,(H,23,25). The fourth-order valence-electron chi connectivity index (χ4n) is 3.67. The van der Waals surface area contributed by atoms with Gasteiger partial charge in [0.25, 0.3) is 0 Å². The van der Waals surface area contributed by atoms with Gasteiger partial charge in [-0.05, 0) is 62.3 Å². The van der Waals surface area contributed by atoms with Crippen LogP contribution in [0.1, 0.15) is 53.1 Å². The molecule has 1 aromatic heterocycles. The number of esters is 1. The number of carbonyl (C=O) groups excluding carboxylic acids is 2. The minimum atomic E-state index is -3.68. The zero-order valence-corrected chi connectivity index (χ0v) is 19.7. The van der Waals surface area contributed by atoms with Crippen molar-refractivity contribution in [3.8, 4) is 0 Å². The fraction of sp³-hybridized carbons (Fsp3) is 0.455. The van der Waals surface area contributed by atoms with Gasteiger partial charge in [-0.2, -0.15) is 0 Å². The molecule has 3 rings (SSSR count). The summed E-state index contributed by atoms with van der Waals surface area (Å²) in [5.41, 5.74) is 2.85. The number of ether oxygens (including phenoxy) is 1. The molecule has 0 unspecified atom stereocenters. The molecule has 0 saturated heterocycles. The number of sulfonamides is 1. The lowest BCUT2D eigenvalue weighted by Gasteiger charge is -2.22. The lowest BCUT2D eigenvalue weighted by Crippen LogP contribution is -2.37. The molecule has 1 N–H and O–H groups in total. The van der Waals surface area contributed by atoms with Crippen molar-refractivity contribution < 1.29 is 22.7 Å². The van der Waals surface area contributed by atoms with Crippen molar-refractivity contribution in [3.63, 3.8) is 0 Å². The summed E-state index contributed by atoms with van der Waals surface area (Å²) in [6.45, 7) is 3.61. The Morgan fingerprint density at radius 3 is 2.42 bits per heavy atom. The van der Waals surface area contributed by atoms with Gasteiger partial charge in [-0.3, -0.25) is 9.10 Å². The molecule has 2 aromatic rings. The average molecular weight is 465 g/mol. The molecular weight excluding hydrogens is 436 g/mol. The molecule has 31 heavy (non-hydrogen) atoms. The summed E-state index contributed by atoms with van der Waals surface area (Å²) >= 11 is 1.38. The minimum Gasteiger partial charge on any atom is -0.462 e. The number of nitrogens with zero attached hydrogens (tertiary/aromatic N) is 1. The molecular formula is C22H28N2O5S2. The SMILES string of the molecule is CCOC(=O)c1c(NC(=O)CN(c2ccc(CC)cc2)S(C)(=O)=O)sc2c1CCCC2. The van der Waals surface area contributed by atoms with Crippen molar-refractivity contribution in [3.05, 3.63) is 45.8 Å². The third-order valence-electron chi connectivity index (χ3n) is 5.22. The molecule has 168 valence electrons. The van der Waals surface area contributed by atoms with Gasteiger partial charge < -0.3 is 10.1 Å². The van der Waals surface area contributed by atoms with E-state index in [1.165, 1.54) is 11.3 Å². The first kappa shape index (κ1) is 23.3. The quantitative estimate of drug-likeness (QED) is 0.601. The predicted molar refractivity (Wildman–Crippen MR) is 124 cm³/mol. The Kier molecular flexibility index (Phi) is 7.38. The van der Waals surface area contributed by atoms with Crippen LogP contribution in [0.3, 0.4) is 0 Å². The maximum Gasteiger partial charge on any atom is 0.341 e. The molecule has 0 radical (unpaired) electrons. The van der Waals surface area contributed by atoms with E-state index < -0.39 is 21.9 Å². The Morgan fingerprint density at radius 2 is 1.81 bits per heavy atom. The number of aryl methyl sites for hydroxylation is 2. The number of thiophene rings is 1. The van der Waals surface area contributed by atoms with Crippen molar-refractivity contribution in [2.75, 3.05) is 29.0 Å². The fourth-order valence-corrected chi connectivity index (χ4v) is 5.82. The lowest BCUT2D eigenvalue weighted by atomic mass is 9.95. The van der Waals surface area contributed by atoms with Crippen LogP contribution in [0.2, 0.25) is 0 Å². The minimum absolute atomic E-state index is 0.243. The Bertz CT molecular complexity index is 1060. The second kappa shape index (κ2) is 9.82. The molecule has 1 heterocycles. The molecule has 1 aliphatic carbocycles. The van der Waals surface area contributed by atoms with E-state index in [-0.39, 0.29) is 13.2 Å². The first-order valence-electron chi connectivity index (χ1n) is 10.4. The van der Waals surface area contributed by atoms with E-state index >= 15 is 0 Å². The van der Waals surface area contributed by atoms with Gasteiger partial charge in [0.1, 0.15) is 11.5 Å². The van der Waals surface area contributed by atoms with Crippen molar-refractivity contribution in [1.29, 1.82) is 0 Å². The Morgan fingerprint density at radius 1 is 1.13 bits per heavy atom. The van der Waals surface area contributed by atoms with Crippen molar-refractivity contribution in [2.45, 2.75) is 46.0 Å². The van der Waals surface area contributed by atoms with Crippen LogP contribution in [0.5, 0.6) is 0 Å². The van der Waals surface area contributed by atoms with Crippen LogP contribution in [-0.2, 0) is 38.8 Å². The summed E-state index contributed by atoms with van der Waals surface area (Å²) in [6.07, 6.45) is 5.57. The molecule has 0 aliphatic heterocycles. The van der Waals surface area contributed by atoms with Crippen LogP contribution in [0.4, 0.5) is 10.7 Å². The smallest absolute Gasteiger partial charge is 0.341 e. The van der Waals surface area contributed by atoms with E-state index in [1.54, 1.807) is 19.1 Å². The lowest BCUT2D eigenvalue weighted by molar-refractivity contribution is -0.114. The summed E-state index contributed by atoms with van der Waals surface area (Å²) < 4.78 is 31.0. The Labute approximate surface area is 187 Å². The van der Waals surface area contributed by atoms with E-state index in [0.29, 0.717) is 16.3 Å². The summed E-state index contributed by atoms with van der Waals surface area (Å²) in [6, 6.07) is 7.08. The number of amides is 1. The zero-order chi connectivity index (χ0) is 22.6. The molecule has 0 spiro atoms. The first-order valence-corrected chi connectivity index (χ1v) is 13.1. The highest BCUT2D eigenvalue weighted by atomic mass is 32.2. The molecule has 0 saturated carbocycles. The Balaban J connectivity index is 1.85. The van der Waals surface area contributed by atoms with Crippen LogP contribution < -0.4 is 9.62 Å². The summed E-state index contributed by atoms with van der Waals surface area (Å²) in [4.78, 5) is 26.5. The van der Waals surface area contributed by atoms with Gasteiger partial charge in [0.2, 0.25) is 15.9 Å². The van der Waals surface area contributed by atoms with Crippen molar-refractivity contribution in [1.82, 2.24) is 0 Å². The maximum atomic E-state index is 12.8. The van der Waals surface area contributed by atoms with Gasteiger partial charge in [-0.1, -0.05) is 19.1 Å². The molecule has 1 aromatic carbocycles. The third-order valence-corrected chi connectivity index (χ3v) is 7.57. The number of hydrogen-bond acceptors (Lipinski definition) is 6. The number of benzene rings is 1. The van der Waals surface area contributed by atoms with Crippen LogP contribution in [0.15, 0.2) is 24.3 Å². The molecule has 9 heteroatoms. The van der Waals surface area contributed by atoms with Crippen LogP contribution in [0.25, 0.3) is 0 Å². The number of hydrogen-bond donors (Lipinski definition) is 1. The molecule has 0 fully saturated rings. The van der Waals surface area contributed by atoms with Crippen LogP contribution >= 0.6 is 11.3 Å². The number of fused-ring (bicyclic) bond motifs is 1. The van der Waals surface area contributed by atoms with Gasteiger partial charge in [-0.25, -0.2) is 13.2 Å². The molecule has 1 aliphatic rings.